The highest BCUT2D eigenvalue weighted by atomic mass is 16.5. The number of nitrogens with zero attached hydrogens (tertiary/aromatic N) is 2. The molecule has 1 aromatic heterocycles. The van der Waals surface area contributed by atoms with Crippen molar-refractivity contribution in [3.05, 3.63) is 6.33 Å². The number of nitrogens with two attached hydrogens (primary N) is 1. The lowest BCUT2D eigenvalue weighted by atomic mass is 10.2. The van der Waals surface area contributed by atoms with Gasteiger partial charge in [0.05, 0.1) is 12.7 Å². The molecule has 0 aliphatic carbocycles. The van der Waals surface area contributed by atoms with E-state index < -0.39 is 0 Å². The standard InChI is InChI=1S/C11H17N3O3/c1-2-15-10-9(12)11(14-7-13-10)17-6-8-4-3-5-16-8/h7-8H,2-6,12H2,1H3. The molecule has 1 fully saturated rings. The van der Waals surface area contributed by atoms with Crippen LogP contribution >= 0.6 is 0 Å². The minimum atomic E-state index is 0.139. The van der Waals surface area contributed by atoms with Crippen LogP contribution in [0.5, 0.6) is 11.8 Å². The molecule has 0 spiro atoms. The second-order valence-electron chi connectivity index (χ2n) is 3.78. The Bertz CT molecular complexity index is 367. The van der Waals surface area contributed by atoms with Gasteiger partial charge in [-0.05, 0) is 19.8 Å². The average molecular weight is 239 g/mol. The SMILES string of the molecule is CCOc1ncnc(OCC2CCCO2)c1N. The lowest BCUT2D eigenvalue weighted by molar-refractivity contribution is 0.0664. The summed E-state index contributed by atoms with van der Waals surface area (Å²) in [7, 11) is 0. The van der Waals surface area contributed by atoms with Gasteiger partial charge < -0.3 is 19.9 Å². The largest absolute Gasteiger partial charge is 0.476 e. The van der Waals surface area contributed by atoms with E-state index in [-0.39, 0.29) is 6.10 Å². The van der Waals surface area contributed by atoms with Gasteiger partial charge in [-0.3, -0.25) is 0 Å². The normalized spacial score (nSPS) is 19.2. The summed E-state index contributed by atoms with van der Waals surface area (Å²) in [6.45, 7) is 3.64. The Morgan fingerprint density at radius 1 is 1.41 bits per heavy atom. The predicted octanol–water partition coefficient (Wildman–Crippen LogP) is 1.02. The van der Waals surface area contributed by atoms with Gasteiger partial charge in [0, 0.05) is 6.61 Å². The maximum absolute atomic E-state index is 5.84. The van der Waals surface area contributed by atoms with Crippen molar-refractivity contribution < 1.29 is 14.2 Å². The Morgan fingerprint density at radius 3 is 2.82 bits per heavy atom. The van der Waals surface area contributed by atoms with Crippen molar-refractivity contribution in [1.29, 1.82) is 0 Å². The molecule has 1 aromatic rings. The van der Waals surface area contributed by atoms with Crippen molar-refractivity contribution in [3.63, 3.8) is 0 Å². The minimum Gasteiger partial charge on any atom is -0.476 e. The maximum atomic E-state index is 5.84. The van der Waals surface area contributed by atoms with E-state index >= 15 is 0 Å². The quantitative estimate of drug-likeness (QED) is 0.826. The molecule has 94 valence electrons. The van der Waals surface area contributed by atoms with Gasteiger partial charge in [-0.25, -0.2) is 0 Å². The monoisotopic (exact) mass is 239 g/mol. The zero-order chi connectivity index (χ0) is 12.1. The first kappa shape index (κ1) is 11.9. The second-order valence-corrected chi connectivity index (χ2v) is 3.78. The fourth-order valence-electron chi connectivity index (χ4n) is 1.68. The van der Waals surface area contributed by atoms with Gasteiger partial charge in [0.1, 0.15) is 12.9 Å². The molecule has 1 saturated heterocycles. The van der Waals surface area contributed by atoms with E-state index in [0.29, 0.717) is 30.7 Å². The van der Waals surface area contributed by atoms with Gasteiger partial charge in [-0.1, -0.05) is 0 Å². The summed E-state index contributed by atoms with van der Waals surface area (Å²) in [5.74, 6) is 0.726. The van der Waals surface area contributed by atoms with Crippen LogP contribution in [0.4, 0.5) is 5.69 Å². The minimum absolute atomic E-state index is 0.139. The lowest BCUT2D eigenvalue weighted by Crippen LogP contribution is -2.17. The third-order valence-corrected chi connectivity index (χ3v) is 2.52. The molecule has 1 aliphatic rings. The molecule has 2 heterocycles. The van der Waals surface area contributed by atoms with Crippen LogP contribution in [0.15, 0.2) is 6.33 Å². The summed E-state index contributed by atoms with van der Waals surface area (Å²) < 4.78 is 16.2. The highest BCUT2D eigenvalue weighted by Gasteiger charge is 2.18. The molecule has 17 heavy (non-hydrogen) atoms. The van der Waals surface area contributed by atoms with Crippen LogP contribution in [0.3, 0.4) is 0 Å². The number of ether oxygens (including phenoxy) is 3. The molecule has 0 radical (unpaired) electrons. The molecule has 6 heteroatoms. The fourth-order valence-corrected chi connectivity index (χ4v) is 1.68. The molecule has 6 nitrogen and oxygen atoms in total. The van der Waals surface area contributed by atoms with Gasteiger partial charge in [0.15, 0.2) is 5.69 Å². The third kappa shape index (κ3) is 2.97. The van der Waals surface area contributed by atoms with E-state index in [1.807, 2.05) is 6.92 Å². The van der Waals surface area contributed by atoms with Crippen LogP contribution in [0.25, 0.3) is 0 Å². The van der Waals surface area contributed by atoms with Gasteiger partial charge in [0.25, 0.3) is 0 Å². The molecular formula is C11H17N3O3. The van der Waals surface area contributed by atoms with E-state index in [1.54, 1.807) is 0 Å². The maximum Gasteiger partial charge on any atom is 0.244 e. The van der Waals surface area contributed by atoms with E-state index in [4.69, 9.17) is 19.9 Å². The average Bonchev–Trinajstić information content (AvgIpc) is 2.83. The second kappa shape index (κ2) is 5.67. The van der Waals surface area contributed by atoms with Gasteiger partial charge in [0.2, 0.25) is 11.8 Å². The molecule has 0 saturated carbocycles. The first-order valence-corrected chi connectivity index (χ1v) is 5.79. The van der Waals surface area contributed by atoms with E-state index in [2.05, 4.69) is 9.97 Å². The van der Waals surface area contributed by atoms with E-state index in [9.17, 15) is 0 Å². The fraction of sp³-hybridized carbons (Fsp3) is 0.636. The van der Waals surface area contributed by atoms with Crippen LogP contribution in [0.1, 0.15) is 19.8 Å². The van der Waals surface area contributed by atoms with Crippen molar-refractivity contribution in [1.82, 2.24) is 9.97 Å². The van der Waals surface area contributed by atoms with Gasteiger partial charge in [-0.15, -0.1) is 0 Å². The Labute approximate surface area is 100 Å². The topological polar surface area (TPSA) is 79.5 Å². The number of nitrogen functional groups attached to an aromatic ring is 1. The number of hydrogen-bond acceptors (Lipinski definition) is 6. The highest BCUT2D eigenvalue weighted by Crippen LogP contribution is 2.27. The van der Waals surface area contributed by atoms with Gasteiger partial charge >= 0.3 is 0 Å². The molecular weight excluding hydrogens is 222 g/mol. The van der Waals surface area contributed by atoms with Crippen LogP contribution in [0.2, 0.25) is 0 Å². The molecule has 0 aromatic carbocycles. The van der Waals surface area contributed by atoms with Crippen molar-refractivity contribution in [2.24, 2.45) is 0 Å². The molecule has 1 unspecified atom stereocenters. The lowest BCUT2D eigenvalue weighted by Gasteiger charge is -2.13. The molecule has 1 atom stereocenters. The zero-order valence-corrected chi connectivity index (χ0v) is 9.89. The molecule has 1 aliphatic heterocycles. The van der Waals surface area contributed by atoms with Crippen molar-refractivity contribution in [2.75, 3.05) is 25.6 Å². The van der Waals surface area contributed by atoms with Crippen molar-refractivity contribution in [3.8, 4) is 11.8 Å². The summed E-state index contributed by atoms with van der Waals surface area (Å²) in [4.78, 5) is 7.93. The Kier molecular flexibility index (Phi) is 3.98. The smallest absolute Gasteiger partial charge is 0.244 e. The summed E-state index contributed by atoms with van der Waals surface area (Å²) in [6, 6.07) is 0. The Balaban J connectivity index is 1.97. The van der Waals surface area contributed by atoms with Crippen LogP contribution in [-0.2, 0) is 4.74 Å². The zero-order valence-electron chi connectivity index (χ0n) is 9.89. The number of anilines is 1. The highest BCUT2D eigenvalue weighted by molar-refractivity contribution is 5.55. The Morgan fingerprint density at radius 2 is 2.18 bits per heavy atom. The van der Waals surface area contributed by atoms with Crippen molar-refractivity contribution >= 4 is 5.69 Å². The number of aromatic nitrogens is 2. The summed E-state index contributed by atoms with van der Waals surface area (Å²) in [5.41, 5.74) is 6.18. The predicted molar refractivity (Wildman–Crippen MR) is 62.1 cm³/mol. The molecule has 2 N–H and O–H groups in total. The van der Waals surface area contributed by atoms with Crippen LogP contribution < -0.4 is 15.2 Å². The van der Waals surface area contributed by atoms with E-state index in [1.165, 1.54) is 6.33 Å². The Hall–Kier alpha value is -1.56. The van der Waals surface area contributed by atoms with Crippen LogP contribution in [0, 0.1) is 0 Å². The summed E-state index contributed by atoms with van der Waals surface area (Å²) in [5, 5.41) is 0. The van der Waals surface area contributed by atoms with Crippen LogP contribution in [-0.4, -0.2) is 35.9 Å². The first-order chi connectivity index (χ1) is 8.31. The first-order valence-electron chi connectivity index (χ1n) is 5.79. The third-order valence-electron chi connectivity index (χ3n) is 2.52. The van der Waals surface area contributed by atoms with Gasteiger partial charge in [-0.2, -0.15) is 9.97 Å². The molecule has 0 bridgehead atoms. The molecule has 0 amide bonds. The molecule has 2 rings (SSSR count). The number of hydrogen-bond donors (Lipinski definition) is 1. The summed E-state index contributed by atoms with van der Waals surface area (Å²) >= 11 is 0. The van der Waals surface area contributed by atoms with E-state index in [0.717, 1.165) is 19.4 Å². The van der Waals surface area contributed by atoms with Crippen molar-refractivity contribution in [2.45, 2.75) is 25.9 Å². The number of rotatable bonds is 5. The summed E-state index contributed by atoms with van der Waals surface area (Å²) in [6.07, 6.45) is 3.62.